The van der Waals surface area contributed by atoms with E-state index in [0.29, 0.717) is 11.5 Å². The van der Waals surface area contributed by atoms with Crippen molar-refractivity contribution in [1.29, 1.82) is 0 Å². The molecule has 0 saturated carbocycles. The molecule has 0 heterocycles. The molecule has 160 valence electrons. The molecule has 0 amide bonds. The maximum Gasteiger partial charge on any atom is 0.573 e. The Hall–Kier alpha value is -2.93. The first-order valence-corrected chi connectivity index (χ1v) is 10.8. The monoisotopic (exact) mass is 422 g/mol. The second-order valence-corrected chi connectivity index (χ2v) is 8.11. The minimum absolute atomic E-state index is 0.131. The number of aryl methyl sites for hydroxylation is 1. The van der Waals surface area contributed by atoms with Gasteiger partial charge in [-0.3, -0.25) is 0 Å². The lowest BCUT2D eigenvalue weighted by molar-refractivity contribution is -0.274. The summed E-state index contributed by atoms with van der Waals surface area (Å²) in [7, 11) is 0. The van der Waals surface area contributed by atoms with Gasteiger partial charge < -0.3 is 4.74 Å². The van der Waals surface area contributed by atoms with E-state index in [9.17, 15) is 13.2 Å². The summed E-state index contributed by atoms with van der Waals surface area (Å²) in [5, 5.41) is 2.55. The van der Waals surface area contributed by atoms with Gasteiger partial charge >= 0.3 is 6.36 Å². The topological polar surface area (TPSA) is 9.23 Å². The van der Waals surface area contributed by atoms with Crippen molar-refractivity contribution in [3.63, 3.8) is 0 Å². The summed E-state index contributed by atoms with van der Waals surface area (Å²) < 4.78 is 41.1. The summed E-state index contributed by atoms with van der Waals surface area (Å²) in [4.78, 5) is 0. The first-order valence-electron chi connectivity index (χ1n) is 10.8. The normalized spacial score (nSPS) is 18.2. The van der Waals surface area contributed by atoms with Crippen molar-refractivity contribution in [2.45, 2.75) is 51.3 Å². The Kier molecular flexibility index (Phi) is 6.23. The zero-order chi connectivity index (χ0) is 21.8. The average Bonchev–Trinajstić information content (AvgIpc) is 2.76. The molecule has 3 aromatic rings. The first kappa shape index (κ1) is 21.3. The lowest BCUT2D eigenvalue weighted by atomic mass is 9.72. The predicted molar refractivity (Wildman–Crippen MR) is 118 cm³/mol. The van der Waals surface area contributed by atoms with Gasteiger partial charge in [0.2, 0.25) is 0 Å². The highest BCUT2D eigenvalue weighted by Crippen LogP contribution is 2.41. The quantitative estimate of drug-likeness (QED) is 0.393. The molecule has 0 spiro atoms. The van der Waals surface area contributed by atoms with Gasteiger partial charge in [0, 0.05) is 11.5 Å². The van der Waals surface area contributed by atoms with Gasteiger partial charge in [-0.2, -0.15) is 0 Å². The molecule has 31 heavy (non-hydrogen) atoms. The van der Waals surface area contributed by atoms with Crippen LogP contribution in [0, 0.1) is 17.8 Å². The third-order valence-electron chi connectivity index (χ3n) is 6.04. The van der Waals surface area contributed by atoms with E-state index in [0.717, 1.165) is 25.7 Å². The molecule has 0 bridgehead atoms. The molecule has 0 saturated heterocycles. The Morgan fingerprint density at radius 2 is 1.77 bits per heavy atom. The summed E-state index contributed by atoms with van der Waals surface area (Å²) in [6.07, 6.45) is 0.956. The van der Waals surface area contributed by atoms with Crippen molar-refractivity contribution in [3.05, 3.63) is 77.4 Å². The molecule has 0 radical (unpaired) electrons. The third kappa shape index (κ3) is 5.05. The van der Waals surface area contributed by atoms with Crippen molar-refractivity contribution in [2.75, 3.05) is 0 Å². The van der Waals surface area contributed by atoms with E-state index < -0.39 is 6.36 Å². The van der Waals surface area contributed by atoms with Crippen LogP contribution in [0.4, 0.5) is 13.2 Å². The number of alkyl halides is 3. The van der Waals surface area contributed by atoms with Crippen LogP contribution in [0.1, 0.15) is 55.2 Å². The zero-order valence-electron chi connectivity index (χ0n) is 17.5. The van der Waals surface area contributed by atoms with Gasteiger partial charge in [0.1, 0.15) is 5.75 Å². The number of benzene rings is 3. The minimum atomic E-state index is -4.69. The number of hydrogen-bond donors (Lipinski definition) is 0. The number of unbranched alkanes of at least 4 members (excludes halogenated alkanes) is 1. The van der Waals surface area contributed by atoms with Gasteiger partial charge in [-0.05, 0) is 71.3 Å². The molecule has 4 rings (SSSR count). The highest BCUT2D eigenvalue weighted by atomic mass is 19.4. The van der Waals surface area contributed by atoms with Crippen molar-refractivity contribution < 1.29 is 17.9 Å². The molecule has 1 nitrogen and oxygen atoms in total. The van der Waals surface area contributed by atoms with Crippen LogP contribution >= 0.6 is 0 Å². The van der Waals surface area contributed by atoms with E-state index in [1.165, 1.54) is 40.5 Å². The molecular formula is C27H25F3O. The largest absolute Gasteiger partial charge is 0.573 e. The number of halogens is 3. The summed E-state index contributed by atoms with van der Waals surface area (Å²) in [5.41, 5.74) is 3.38. The maximum absolute atomic E-state index is 12.4. The van der Waals surface area contributed by atoms with Gasteiger partial charge in [0.05, 0.1) is 0 Å². The van der Waals surface area contributed by atoms with E-state index in [2.05, 4.69) is 59.9 Å². The molecular weight excluding hydrogens is 397 g/mol. The highest BCUT2D eigenvalue weighted by molar-refractivity contribution is 5.87. The minimum Gasteiger partial charge on any atom is -0.406 e. The van der Waals surface area contributed by atoms with Gasteiger partial charge in [0.15, 0.2) is 0 Å². The summed E-state index contributed by atoms with van der Waals surface area (Å²) in [5.74, 6) is 7.08. The van der Waals surface area contributed by atoms with E-state index >= 15 is 0 Å². The van der Waals surface area contributed by atoms with Crippen LogP contribution in [0.3, 0.4) is 0 Å². The Balaban J connectivity index is 1.66. The fraction of sp³-hybridized carbons (Fsp3) is 0.333. The van der Waals surface area contributed by atoms with Crippen LogP contribution in [0.25, 0.3) is 10.8 Å². The Morgan fingerprint density at radius 3 is 2.52 bits per heavy atom. The number of ether oxygens (including phenoxy) is 1. The van der Waals surface area contributed by atoms with Crippen molar-refractivity contribution in [1.82, 2.24) is 0 Å². The smallest absolute Gasteiger partial charge is 0.406 e. The lowest BCUT2D eigenvalue weighted by Crippen LogP contribution is -2.20. The second kappa shape index (κ2) is 9.06. The number of rotatable bonds is 4. The molecule has 0 unspecified atom stereocenters. The summed E-state index contributed by atoms with van der Waals surface area (Å²) in [6, 6.07) is 18.7. The Morgan fingerprint density at radius 1 is 1.00 bits per heavy atom. The molecule has 0 N–H and O–H groups in total. The van der Waals surface area contributed by atoms with E-state index in [-0.39, 0.29) is 11.7 Å². The lowest BCUT2D eigenvalue weighted by Gasteiger charge is -2.31. The van der Waals surface area contributed by atoms with Crippen molar-refractivity contribution in [2.24, 2.45) is 5.92 Å². The highest BCUT2D eigenvalue weighted by Gasteiger charge is 2.31. The first-order chi connectivity index (χ1) is 14.9. The van der Waals surface area contributed by atoms with E-state index in [4.69, 9.17) is 0 Å². The molecule has 0 aromatic heterocycles. The molecule has 2 atom stereocenters. The molecule has 1 aliphatic carbocycles. The summed E-state index contributed by atoms with van der Waals surface area (Å²) in [6.45, 7) is 2.20. The molecule has 0 aliphatic heterocycles. The van der Waals surface area contributed by atoms with Gasteiger partial charge in [-0.15, -0.1) is 13.2 Å². The Labute approximate surface area is 181 Å². The third-order valence-corrected chi connectivity index (χ3v) is 6.04. The van der Waals surface area contributed by atoms with Crippen LogP contribution in [0.5, 0.6) is 5.75 Å². The summed E-state index contributed by atoms with van der Waals surface area (Å²) >= 11 is 0. The van der Waals surface area contributed by atoms with Crippen molar-refractivity contribution >= 4 is 10.8 Å². The molecule has 0 fully saturated rings. The number of hydrogen-bond acceptors (Lipinski definition) is 1. The van der Waals surface area contributed by atoms with Crippen LogP contribution < -0.4 is 4.74 Å². The maximum atomic E-state index is 12.4. The van der Waals surface area contributed by atoms with Crippen LogP contribution in [-0.2, 0) is 6.42 Å². The molecule has 3 aromatic carbocycles. The van der Waals surface area contributed by atoms with Crippen LogP contribution in [-0.4, -0.2) is 6.36 Å². The fourth-order valence-corrected chi connectivity index (χ4v) is 4.55. The van der Waals surface area contributed by atoms with Crippen LogP contribution in [0.2, 0.25) is 0 Å². The van der Waals surface area contributed by atoms with Crippen LogP contribution in [0.15, 0.2) is 60.7 Å². The van der Waals surface area contributed by atoms with Gasteiger partial charge in [0.25, 0.3) is 0 Å². The number of fused-ring (bicyclic) bond motifs is 3. The standard InChI is InChI=1S/C27H25F3O/c1-2-3-6-20-12-17-25-23-8-5-4-7-21(23)13-18-26(25)24(20)16-11-19-9-14-22(15-10-19)31-27(28,29)30/h4-5,7-10,13-15,18,20,24H,2-3,6,12,17H2,1H3/t20-,24+/m1/s1. The second-order valence-electron chi connectivity index (χ2n) is 8.11. The van der Waals surface area contributed by atoms with E-state index in [1.54, 1.807) is 12.1 Å². The molecule has 4 heteroatoms. The van der Waals surface area contributed by atoms with E-state index in [1.807, 2.05) is 0 Å². The Bertz CT molecular complexity index is 1100. The predicted octanol–water partition coefficient (Wildman–Crippen LogP) is 7.63. The van der Waals surface area contributed by atoms with Gasteiger partial charge in [-0.25, -0.2) is 0 Å². The van der Waals surface area contributed by atoms with Crippen molar-refractivity contribution in [3.8, 4) is 17.6 Å². The van der Waals surface area contributed by atoms with Gasteiger partial charge in [-0.1, -0.05) is 68.0 Å². The SMILES string of the molecule is CCCC[C@@H]1CCc2c(ccc3ccccc23)[C@H]1C#Cc1ccc(OC(F)(F)F)cc1. The zero-order valence-corrected chi connectivity index (χ0v) is 17.5. The molecule has 1 aliphatic rings. The average molecular weight is 422 g/mol. The fourth-order valence-electron chi connectivity index (χ4n) is 4.55.